The predicted molar refractivity (Wildman–Crippen MR) is 90.3 cm³/mol. The van der Waals surface area contributed by atoms with Gasteiger partial charge in [-0.05, 0) is 24.3 Å². The van der Waals surface area contributed by atoms with Crippen molar-refractivity contribution >= 4 is 28.5 Å². The lowest BCUT2D eigenvalue weighted by Crippen LogP contribution is -2.04. The van der Waals surface area contributed by atoms with Crippen molar-refractivity contribution in [2.24, 2.45) is 0 Å². The van der Waals surface area contributed by atoms with Crippen LogP contribution in [-0.4, -0.2) is 32.2 Å². The van der Waals surface area contributed by atoms with E-state index in [4.69, 9.17) is 18.9 Å². The van der Waals surface area contributed by atoms with Crippen molar-refractivity contribution in [2.45, 2.75) is 25.4 Å². The monoisotopic (exact) mass is 366 g/mol. The zero-order valence-electron chi connectivity index (χ0n) is 13.1. The predicted octanol–water partition coefficient (Wildman–Crippen LogP) is 3.25. The average Bonchev–Trinajstić information content (AvgIpc) is 3.35. The Bertz CT molecular complexity index is 637. The maximum absolute atomic E-state index is 12.3. The Labute approximate surface area is 148 Å². The lowest BCUT2D eigenvalue weighted by atomic mass is 10.1. The van der Waals surface area contributed by atoms with Gasteiger partial charge in [0.05, 0.1) is 36.2 Å². The summed E-state index contributed by atoms with van der Waals surface area (Å²) in [5, 5.41) is 0. The third kappa shape index (κ3) is 3.77. The van der Waals surface area contributed by atoms with Gasteiger partial charge in [-0.1, -0.05) is 0 Å². The highest BCUT2D eigenvalue weighted by Gasteiger charge is 2.22. The molecular formula is C17H18O5S2. The zero-order valence-corrected chi connectivity index (χ0v) is 14.7. The highest BCUT2D eigenvalue weighted by Crippen LogP contribution is 2.31. The molecule has 0 bridgehead atoms. The Morgan fingerprint density at radius 2 is 1.21 bits per heavy atom. The average molecular weight is 366 g/mol. The standard InChI is InChI=1S/C17H18O5S2/c18-11(9-12-1-3-14(23-12)16-19-5-6-20-16)10-13-2-4-15(24-13)17-21-7-8-22-17/h1-4,16-17H,5-10H2. The molecular weight excluding hydrogens is 348 g/mol. The van der Waals surface area contributed by atoms with E-state index in [-0.39, 0.29) is 18.4 Å². The number of ketones is 1. The summed E-state index contributed by atoms with van der Waals surface area (Å²) in [5.41, 5.74) is 0. The highest BCUT2D eigenvalue weighted by atomic mass is 32.1. The Morgan fingerprint density at radius 1 is 0.792 bits per heavy atom. The van der Waals surface area contributed by atoms with Crippen molar-refractivity contribution in [3.63, 3.8) is 0 Å². The van der Waals surface area contributed by atoms with Crippen LogP contribution < -0.4 is 0 Å². The number of thiophene rings is 2. The van der Waals surface area contributed by atoms with Crippen LogP contribution in [-0.2, 0) is 36.6 Å². The maximum Gasteiger partial charge on any atom is 0.193 e. The molecule has 0 atom stereocenters. The summed E-state index contributed by atoms with van der Waals surface area (Å²) in [6, 6.07) is 7.95. The van der Waals surface area contributed by atoms with Gasteiger partial charge in [0.1, 0.15) is 5.78 Å². The van der Waals surface area contributed by atoms with E-state index in [1.165, 1.54) is 0 Å². The first kappa shape index (κ1) is 16.4. The van der Waals surface area contributed by atoms with Crippen LogP contribution >= 0.6 is 22.7 Å². The van der Waals surface area contributed by atoms with Gasteiger partial charge in [0.15, 0.2) is 12.6 Å². The van der Waals surface area contributed by atoms with Crippen LogP contribution in [0.1, 0.15) is 32.1 Å². The fourth-order valence-electron chi connectivity index (χ4n) is 2.73. The number of ether oxygens (including phenoxy) is 4. The number of Topliss-reactive ketones (excluding diaryl/α,β-unsaturated/α-hetero) is 1. The second-order valence-electron chi connectivity index (χ2n) is 5.65. The van der Waals surface area contributed by atoms with Gasteiger partial charge in [-0.3, -0.25) is 4.79 Å². The zero-order chi connectivity index (χ0) is 16.4. The SMILES string of the molecule is O=C(Cc1ccc(C2OCCO2)s1)Cc1ccc(C2OCCO2)s1. The fourth-order valence-corrected chi connectivity index (χ4v) is 4.81. The minimum atomic E-state index is -0.259. The van der Waals surface area contributed by atoms with Crippen LogP contribution in [0.5, 0.6) is 0 Å². The molecule has 2 saturated heterocycles. The lowest BCUT2D eigenvalue weighted by Gasteiger charge is -2.05. The smallest absolute Gasteiger partial charge is 0.193 e. The van der Waals surface area contributed by atoms with Crippen molar-refractivity contribution < 1.29 is 23.7 Å². The van der Waals surface area contributed by atoms with Crippen LogP contribution in [0.15, 0.2) is 24.3 Å². The van der Waals surface area contributed by atoms with Crippen molar-refractivity contribution in [1.29, 1.82) is 0 Å². The van der Waals surface area contributed by atoms with Gasteiger partial charge < -0.3 is 18.9 Å². The molecule has 128 valence electrons. The molecule has 2 aliphatic rings. The molecule has 0 N–H and O–H groups in total. The highest BCUT2D eigenvalue weighted by molar-refractivity contribution is 7.12. The second-order valence-corrected chi connectivity index (χ2v) is 8.05. The maximum atomic E-state index is 12.3. The van der Waals surface area contributed by atoms with Gasteiger partial charge in [-0.2, -0.15) is 0 Å². The van der Waals surface area contributed by atoms with Gasteiger partial charge in [-0.25, -0.2) is 0 Å². The quantitative estimate of drug-likeness (QED) is 0.785. The lowest BCUT2D eigenvalue weighted by molar-refractivity contribution is -0.117. The van der Waals surface area contributed by atoms with E-state index in [2.05, 4.69) is 0 Å². The molecule has 0 aliphatic carbocycles. The largest absolute Gasteiger partial charge is 0.345 e. The molecule has 0 radical (unpaired) electrons. The first-order valence-corrected chi connectivity index (χ1v) is 9.56. The Morgan fingerprint density at radius 3 is 1.62 bits per heavy atom. The number of carbonyl (C=O) groups is 1. The summed E-state index contributed by atoms with van der Waals surface area (Å²) in [6.45, 7) is 2.52. The summed E-state index contributed by atoms with van der Waals surface area (Å²) >= 11 is 3.17. The molecule has 24 heavy (non-hydrogen) atoms. The number of hydrogen-bond acceptors (Lipinski definition) is 7. The van der Waals surface area contributed by atoms with E-state index in [9.17, 15) is 4.79 Å². The second kappa shape index (κ2) is 7.43. The van der Waals surface area contributed by atoms with Gasteiger partial charge in [0.25, 0.3) is 0 Å². The van der Waals surface area contributed by atoms with Crippen LogP contribution in [0.25, 0.3) is 0 Å². The minimum Gasteiger partial charge on any atom is -0.345 e. The minimum absolute atomic E-state index is 0.207. The summed E-state index contributed by atoms with van der Waals surface area (Å²) < 4.78 is 21.9. The summed E-state index contributed by atoms with van der Waals surface area (Å²) in [6.07, 6.45) is 0.373. The molecule has 2 aliphatic heterocycles. The molecule has 7 heteroatoms. The number of rotatable bonds is 6. The van der Waals surface area contributed by atoms with E-state index in [0.717, 1.165) is 19.5 Å². The fraction of sp³-hybridized carbons (Fsp3) is 0.471. The molecule has 4 heterocycles. The van der Waals surface area contributed by atoms with Gasteiger partial charge >= 0.3 is 0 Å². The van der Waals surface area contributed by atoms with E-state index < -0.39 is 0 Å². The molecule has 0 amide bonds. The number of carbonyl (C=O) groups excluding carboxylic acids is 1. The first-order chi connectivity index (χ1) is 11.8. The Kier molecular flexibility index (Phi) is 5.07. The van der Waals surface area contributed by atoms with Crippen molar-refractivity contribution in [3.05, 3.63) is 43.8 Å². The Balaban J connectivity index is 1.33. The molecule has 0 saturated carbocycles. The topological polar surface area (TPSA) is 54.0 Å². The summed E-state index contributed by atoms with van der Waals surface area (Å²) in [7, 11) is 0. The molecule has 0 spiro atoms. The van der Waals surface area contributed by atoms with E-state index >= 15 is 0 Å². The number of hydrogen-bond donors (Lipinski definition) is 0. The first-order valence-electron chi connectivity index (χ1n) is 7.93. The Hall–Kier alpha value is -1.09. The van der Waals surface area contributed by atoms with Crippen molar-refractivity contribution in [2.75, 3.05) is 26.4 Å². The molecule has 2 aromatic rings. The van der Waals surface area contributed by atoms with Crippen LogP contribution in [0.4, 0.5) is 0 Å². The van der Waals surface area contributed by atoms with E-state index in [0.29, 0.717) is 39.3 Å². The molecule has 5 nitrogen and oxygen atoms in total. The van der Waals surface area contributed by atoms with E-state index in [1.54, 1.807) is 22.7 Å². The third-order valence-corrected chi connectivity index (χ3v) is 6.03. The molecule has 0 unspecified atom stereocenters. The molecule has 2 aromatic heterocycles. The molecule has 2 fully saturated rings. The van der Waals surface area contributed by atoms with Crippen LogP contribution in [0, 0.1) is 0 Å². The van der Waals surface area contributed by atoms with Crippen molar-refractivity contribution in [1.82, 2.24) is 0 Å². The summed E-state index contributed by atoms with van der Waals surface area (Å²) in [5.74, 6) is 0.207. The van der Waals surface area contributed by atoms with Crippen molar-refractivity contribution in [3.8, 4) is 0 Å². The summed E-state index contributed by atoms with van der Waals surface area (Å²) in [4.78, 5) is 16.5. The van der Waals surface area contributed by atoms with Crippen LogP contribution in [0.2, 0.25) is 0 Å². The van der Waals surface area contributed by atoms with Gasteiger partial charge in [0, 0.05) is 22.6 Å². The molecule has 0 aromatic carbocycles. The van der Waals surface area contributed by atoms with Gasteiger partial charge in [0.2, 0.25) is 0 Å². The molecule has 4 rings (SSSR count). The van der Waals surface area contributed by atoms with Gasteiger partial charge in [-0.15, -0.1) is 22.7 Å². The normalized spacial score (nSPS) is 19.3. The third-order valence-electron chi connectivity index (χ3n) is 3.82. The van der Waals surface area contributed by atoms with Crippen LogP contribution in [0.3, 0.4) is 0 Å². The van der Waals surface area contributed by atoms with E-state index in [1.807, 2.05) is 24.3 Å².